The Morgan fingerprint density at radius 3 is 2.92 bits per heavy atom. The third kappa shape index (κ3) is 2.83. The number of nitrogens with one attached hydrogen (secondary N) is 2. The number of anilines is 1. The summed E-state index contributed by atoms with van der Waals surface area (Å²) < 4.78 is 0. The monoisotopic (exact) mass is 359 g/mol. The molecule has 4 nitrogen and oxygen atoms in total. The Kier molecular flexibility index (Phi) is 4.28. The van der Waals surface area contributed by atoms with Crippen molar-refractivity contribution in [2.45, 2.75) is 32.2 Å². The first-order valence-corrected chi connectivity index (χ1v) is 10.2. The molecule has 0 aromatic carbocycles. The molecule has 3 heterocycles. The van der Waals surface area contributed by atoms with Crippen molar-refractivity contribution in [3.05, 3.63) is 38.7 Å². The lowest BCUT2D eigenvalue weighted by Crippen LogP contribution is -3.06. The zero-order valence-electron chi connectivity index (χ0n) is 14.3. The van der Waals surface area contributed by atoms with E-state index < -0.39 is 0 Å². The van der Waals surface area contributed by atoms with Gasteiger partial charge in [0.15, 0.2) is 0 Å². The quantitative estimate of drug-likeness (QED) is 0.736. The lowest BCUT2D eigenvalue weighted by atomic mass is 10.1. The largest absolute Gasteiger partial charge is 0.363 e. The van der Waals surface area contributed by atoms with Crippen LogP contribution in [0.5, 0.6) is 0 Å². The van der Waals surface area contributed by atoms with Crippen LogP contribution in [0.1, 0.15) is 33.6 Å². The smallest absolute Gasteiger partial charge is 0.139 e. The summed E-state index contributed by atoms with van der Waals surface area (Å²) in [7, 11) is 4.43. The molecule has 0 bridgehead atoms. The number of aryl methyl sites for hydroxylation is 3. The minimum atomic E-state index is 0.432. The second kappa shape index (κ2) is 6.43. The normalized spacial score (nSPS) is 15.2. The second-order valence-corrected chi connectivity index (χ2v) is 8.75. The lowest BCUT2D eigenvalue weighted by molar-refractivity contribution is -0.889. The van der Waals surface area contributed by atoms with Crippen molar-refractivity contribution in [3.8, 4) is 0 Å². The molecule has 0 unspecified atom stereocenters. The summed E-state index contributed by atoms with van der Waals surface area (Å²) in [6.45, 7) is 2.88. The van der Waals surface area contributed by atoms with E-state index in [0.717, 1.165) is 23.0 Å². The molecule has 0 aliphatic heterocycles. The highest BCUT2D eigenvalue weighted by molar-refractivity contribution is 7.19. The molecule has 4 rings (SSSR count). The van der Waals surface area contributed by atoms with E-state index in [1.165, 1.54) is 44.9 Å². The van der Waals surface area contributed by atoms with Gasteiger partial charge in [0, 0.05) is 4.88 Å². The molecule has 6 heteroatoms. The SMILES string of the molecule is Cc1nc(NC[C@@H](c2cccs2)[NH+](C)C)c2c3c(sc2n1)CCC3. The topological polar surface area (TPSA) is 42.2 Å². The first-order chi connectivity index (χ1) is 11.6. The molecule has 126 valence electrons. The fourth-order valence-corrected chi connectivity index (χ4v) is 5.77. The Balaban J connectivity index is 1.67. The molecule has 1 aliphatic carbocycles. The van der Waals surface area contributed by atoms with Crippen LogP contribution in [0.3, 0.4) is 0 Å². The molecule has 0 saturated heterocycles. The number of hydrogen-bond acceptors (Lipinski definition) is 5. The number of quaternary nitrogens is 1. The third-order valence-electron chi connectivity index (χ3n) is 4.73. The maximum Gasteiger partial charge on any atom is 0.139 e. The first-order valence-electron chi connectivity index (χ1n) is 8.49. The summed E-state index contributed by atoms with van der Waals surface area (Å²) in [4.78, 5) is 14.9. The summed E-state index contributed by atoms with van der Waals surface area (Å²) in [6, 6.07) is 4.80. The van der Waals surface area contributed by atoms with Crippen molar-refractivity contribution >= 4 is 38.7 Å². The van der Waals surface area contributed by atoms with Gasteiger partial charge in [-0.1, -0.05) is 6.07 Å². The summed E-state index contributed by atoms with van der Waals surface area (Å²) in [5, 5.41) is 7.09. The number of rotatable bonds is 5. The molecule has 3 aromatic rings. The highest BCUT2D eigenvalue weighted by Gasteiger charge is 2.24. The molecule has 2 N–H and O–H groups in total. The minimum absolute atomic E-state index is 0.432. The molecule has 1 atom stereocenters. The van der Waals surface area contributed by atoms with Crippen molar-refractivity contribution in [2.24, 2.45) is 0 Å². The van der Waals surface area contributed by atoms with E-state index in [-0.39, 0.29) is 0 Å². The van der Waals surface area contributed by atoms with Crippen LogP contribution in [0.2, 0.25) is 0 Å². The maximum atomic E-state index is 4.74. The van der Waals surface area contributed by atoms with E-state index >= 15 is 0 Å². The van der Waals surface area contributed by atoms with Gasteiger partial charge in [-0.15, -0.1) is 22.7 Å². The van der Waals surface area contributed by atoms with E-state index in [4.69, 9.17) is 4.98 Å². The second-order valence-electron chi connectivity index (χ2n) is 6.68. The van der Waals surface area contributed by atoms with E-state index in [1.807, 2.05) is 29.6 Å². The molecule has 0 radical (unpaired) electrons. The average molecular weight is 360 g/mol. The minimum Gasteiger partial charge on any atom is -0.363 e. The number of likely N-dealkylation sites (N-methyl/N-ethyl adjacent to an activating group) is 1. The summed E-state index contributed by atoms with van der Waals surface area (Å²) in [5.74, 6) is 1.88. The Morgan fingerprint density at radius 2 is 2.17 bits per heavy atom. The van der Waals surface area contributed by atoms with E-state index in [2.05, 4.69) is 41.9 Å². The predicted octanol–water partition coefficient (Wildman–Crippen LogP) is 2.85. The van der Waals surface area contributed by atoms with Gasteiger partial charge in [-0.25, -0.2) is 9.97 Å². The third-order valence-corrected chi connectivity index (χ3v) is 6.91. The van der Waals surface area contributed by atoms with Crippen LogP contribution >= 0.6 is 22.7 Å². The van der Waals surface area contributed by atoms with Crippen LogP contribution in [0.25, 0.3) is 10.2 Å². The molecule has 24 heavy (non-hydrogen) atoms. The number of nitrogens with zero attached hydrogens (tertiary/aromatic N) is 2. The van der Waals surface area contributed by atoms with Gasteiger partial charge in [0.05, 0.1) is 30.9 Å². The molecular formula is C18H23N4S2+. The Labute approximate surface area is 150 Å². The molecule has 0 saturated carbocycles. The fourth-order valence-electron chi connectivity index (χ4n) is 3.51. The van der Waals surface area contributed by atoms with Crippen molar-refractivity contribution in [1.82, 2.24) is 9.97 Å². The molecular weight excluding hydrogens is 336 g/mol. The standard InChI is InChI=1S/C18H22N4S2/c1-11-20-17(16-12-6-4-7-14(12)24-18(16)21-11)19-10-13(22(2)3)15-8-5-9-23-15/h5,8-9,13H,4,6-7,10H2,1-3H3,(H,19,20,21)/p+1/t13-/m0/s1. The van der Waals surface area contributed by atoms with Gasteiger partial charge in [-0.2, -0.15) is 0 Å². The summed E-state index contributed by atoms with van der Waals surface area (Å²) in [6.07, 6.45) is 3.64. The van der Waals surface area contributed by atoms with Crippen LogP contribution in [-0.2, 0) is 12.8 Å². The van der Waals surface area contributed by atoms with Crippen molar-refractivity contribution in [1.29, 1.82) is 0 Å². The zero-order valence-corrected chi connectivity index (χ0v) is 16.0. The van der Waals surface area contributed by atoms with E-state index in [1.54, 1.807) is 0 Å². The molecule has 1 aliphatic rings. The Hall–Kier alpha value is -1.50. The number of fused-ring (bicyclic) bond motifs is 3. The molecule has 3 aromatic heterocycles. The zero-order chi connectivity index (χ0) is 16.7. The summed E-state index contributed by atoms with van der Waals surface area (Å²) >= 11 is 3.69. The number of aromatic nitrogens is 2. The van der Waals surface area contributed by atoms with Crippen LogP contribution in [0, 0.1) is 6.92 Å². The predicted molar refractivity (Wildman–Crippen MR) is 103 cm³/mol. The Bertz CT molecular complexity index is 852. The van der Waals surface area contributed by atoms with Gasteiger partial charge in [-0.05, 0) is 43.2 Å². The molecule has 0 fully saturated rings. The van der Waals surface area contributed by atoms with Crippen LogP contribution < -0.4 is 10.2 Å². The number of hydrogen-bond donors (Lipinski definition) is 2. The highest BCUT2D eigenvalue weighted by atomic mass is 32.1. The van der Waals surface area contributed by atoms with Crippen molar-refractivity contribution in [2.75, 3.05) is 26.0 Å². The van der Waals surface area contributed by atoms with Gasteiger partial charge in [0.2, 0.25) is 0 Å². The van der Waals surface area contributed by atoms with Crippen molar-refractivity contribution < 1.29 is 4.90 Å². The maximum absolute atomic E-state index is 4.74. The van der Waals surface area contributed by atoms with Gasteiger partial charge in [0.1, 0.15) is 22.5 Å². The van der Waals surface area contributed by atoms with E-state index in [9.17, 15) is 0 Å². The van der Waals surface area contributed by atoms with Crippen molar-refractivity contribution in [3.63, 3.8) is 0 Å². The lowest BCUT2D eigenvalue weighted by Gasteiger charge is -2.21. The van der Waals surface area contributed by atoms with Crippen LogP contribution in [0.4, 0.5) is 5.82 Å². The first kappa shape index (κ1) is 16.0. The van der Waals surface area contributed by atoms with Gasteiger partial charge < -0.3 is 10.2 Å². The van der Waals surface area contributed by atoms with Crippen LogP contribution in [-0.4, -0.2) is 30.6 Å². The summed E-state index contributed by atoms with van der Waals surface area (Å²) in [5.41, 5.74) is 1.49. The highest BCUT2D eigenvalue weighted by Crippen LogP contribution is 2.39. The van der Waals surface area contributed by atoms with Crippen LogP contribution in [0.15, 0.2) is 17.5 Å². The Morgan fingerprint density at radius 1 is 1.29 bits per heavy atom. The van der Waals surface area contributed by atoms with Gasteiger partial charge in [0.25, 0.3) is 0 Å². The number of thiophene rings is 2. The molecule has 0 spiro atoms. The van der Waals surface area contributed by atoms with Gasteiger partial charge in [-0.3, -0.25) is 0 Å². The fraction of sp³-hybridized carbons (Fsp3) is 0.444. The molecule has 0 amide bonds. The van der Waals surface area contributed by atoms with E-state index in [0.29, 0.717) is 6.04 Å². The van der Waals surface area contributed by atoms with Gasteiger partial charge >= 0.3 is 0 Å². The average Bonchev–Trinajstić information content (AvgIpc) is 3.22.